The topological polar surface area (TPSA) is 100 Å². The second kappa shape index (κ2) is 12.2. The Hall–Kier alpha value is -4.04. The van der Waals surface area contributed by atoms with Crippen LogP contribution in [0.15, 0.2) is 71.8 Å². The van der Waals surface area contributed by atoms with Gasteiger partial charge in [-0.3, -0.25) is 19.1 Å². The lowest BCUT2D eigenvalue weighted by Crippen LogP contribution is -2.49. The van der Waals surface area contributed by atoms with Gasteiger partial charge >= 0.3 is 0 Å². The van der Waals surface area contributed by atoms with Crippen LogP contribution in [0, 0.1) is 5.92 Å². The third-order valence-corrected chi connectivity index (χ3v) is 8.53. The molecule has 0 bridgehead atoms. The molecule has 1 fully saturated rings. The Balaban J connectivity index is 1.42. The van der Waals surface area contributed by atoms with Crippen molar-refractivity contribution in [3.8, 4) is 22.4 Å². The first-order valence-electron chi connectivity index (χ1n) is 14.8. The number of pyridine rings is 1. The van der Waals surface area contributed by atoms with Gasteiger partial charge in [-0.05, 0) is 53.3 Å². The number of nitrogens with zero attached hydrogens (tertiary/aromatic N) is 4. The molecule has 212 valence electrons. The van der Waals surface area contributed by atoms with Gasteiger partial charge in [0.25, 0.3) is 5.56 Å². The lowest BCUT2D eigenvalue weighted by atomic mass is 9.84. The largest absolute Gasteiger partial charge is 0.387 e. The summed E-state index contributed by atoms with van der Waals surface area (Å²) < 4.78 is 1.80. The number of aliphatic hydroxyl groups is 1. The maximum Gasteiger partial charge on any atom is 0.263 e. The number of aromatic nitrogens is 3. The molecule has 41 heavy (non-hydrogen) atoms. The molecule has 2 N–H and O–H groups in total. The number of fused-ring (bicyclic) bond motifs is 2. The van der Waals surface area contributed by atoms with Gasteiger partial charge in [0.1, 0.15) is 6.61 Å². The van der Waals surface area contributed by atoms with Crippen LogP contribution in [-0.4, -0.2) is 51.3 Å². The number of aliphatic hydroxyl groups excluding tert-OH is 1. The predicted molar refractivity (Wildman–Crippen MR) is 162 cm³/mol. The van der Waals surface area contributed by atoms with Gasteiger partial charge in [-0.25, -0.2) is 4.98 Å². The van der Waals surface area contributed by atoms with Crippen LogP contribution in [0.4, 0.5) is 5.95 Å². The van der Waals surface area contributed by atoms with E-state index in [1.54, 1.807) is 17.0 Å². The Bertz CT molecular complexity index is 1580. The van der Waals surface area contributed by atoms with Crippen molar-refractivity contribution in [2.24, 2.45) is 5.92 Å². The molecule has 3 heterocycles. The van der Waals surface area contributed by atoms with Crippen molar-refractivity contribution in [3.05, 3.63) is 77.3 Å². The van der Waals surface area contributed by atoms with Crippen molar-refractivity contribution >= 4 is 22.6 Å². The molecule has 1 aliphatic carbocycles. The molecule has 6 rings (SSSR count). The van der Waals surface area contributed by atoms with Crippen molar-refractivity contribution in [1.29, 1.82) is 0 Å². The molecule has 4 aromatic rings. The second-order valence-corrected chi connectivity index (χ2v) is 11.4. The van der Waals surface area contributed by atoms with Gasteiger partial charge in [0, 0.05) is 43.6 Å². The highest BCUT2D eigenvalue weighted by Crippen LogP contribution is 2.33. The van der Waals surface area contributed by atoms with E-state index >= 15 is 0 Å². The zero-order valence-corrected chi connectivity index (χ0v) is 23.3. The SMILES string of the molecule is O=C(CO)NC(CC1CCCCC1)CN1CCCn2c1nc(-c1ccncc1)c(-c1ccc3ccccc3c1)c2=O. The van der Waals surface area contributed by atoms with Crippen molar-refractivity contribution in [2.75, 3.05) is 24.6 Å². The monoisotopic (exact) mass is 551 g/mol. The lowest BCUT2D eigenvalue weighted by molar-refractivity contribution is -0.124. The number of carbonyl (C=O) groups excluding carboxylic acids is 1. The zero-order valence-electron chi connectivity index (χ0n) is 23.3. The Morgan fingerprint density at radius 3 is 2.51 bits per heavy atom. The molecule has 1 saturated carbocycles. The zero-order chi connectivity index (χ0) is 28.2. The van der Waals surface area contributed by atoms with E-state index in [0.29, 0.717) is 36.2 Å². The van der Waals surface area contributed by atoms with Gasteiger partial charge in [0.2, 0.25) is 11.9 Å². The van der Waals surface area contributed by atoms with E-state index in [4.69, 9.17) is 4.98 Å². The Labute approximate surface area is 240 Å². The summed E-state index contributed by atoms with van der Waals surface area (Å²) in [6, 6.07) is 17.9. The third-order valence-electron chi connectivity index (χ3n) is 8.53. The first-order valence-corrected chi connectivity index (χ1v) is 14.8. The molecule has 1 unspecified atom stereocenters. The van der Waals surface area contributed by atoms with Crippen molar-refractivity contribution in [1.82, 2.24) is 19.9 Å². The molecule has 0 radical (unpaired) electrons. The fourth-order valence-electron chi connectivity index (χ4n) is 6.55. The van der Waals surface area contributed by atoms with Gasteiger partial charge in [-0.15, -0.1) is 0 Å². The molecule has 2 aromatic heterocycles. The van der Waals surface area contributed by atoms with Crippen molar-refractivity contribution in [2.45, 2.75) is 57.5 Å². The van der Waals surface area contributed by atoms with E-state index in [0.717, 1.165) is 41.3 Å². The van der Waals surface area contributed by atoms with E-state index in [2.05, 4.69) is 39.5 Å². The smallest absolute Gasteiger partial charge is 0.263 e. The van der Waals surface area contributed by atoms with E-state index in [1.807, 2.05) is 30.3 Å². The molecule has 0 saturated heterocycles. The Morgan fingerprint density at radius 1 is 0.951 bits per heavy atom. The number of hydrogen-bond donors (Lipinski definition) is 2. The lowest BCUT2D eigenvalue weighted by Gasteiger charge is -2.36. The minimum absolute atomic E-state index is 0.0648. The molecule has 8 heteroatoms. The average Bonchev–Trinajstić information content (AvgIpc) is 3.02. The fourth-order valence-corrected chi connectivity index (χ4v) is 6.55. The summed E-state index contributed by atoms with van der Waals surface area (Å²) in [6.45, 7) is 1.34. The third kappa shape index (κ3) is 5.88. The van der Waals surface area contributed by atoms with E-state index in [1.165, 1.54) is 32.1 Å². The molecule has 1 amide bonds. The highest BCUT2D eigenvalue weighted by Gasteiger charge is 2.29. The number of carbonyl (C=O) groups is 1. The minimum Gasteiger partial charge on any atom is -0.387 e. The van der Waals surface area contributed by atoms with Crippen molar-refractivity contribution in [3.63, 3.8) is 0 Å². The van der Waals surface area contributed by atoms with E-state index in [9.17, 15) is 14.7 Å². The van der Waals surface area contributed by atoms with Gasteiger partial charge in [0.05, 0.1) is 11.3 Å². The number of amides is 1. The quantitative estimate of drug-likeness (QED) is 0.327. The summed E-state index contributed by atoms with van der Waals surface area (Å²) in [4.78, 5) is 38.1. The fraction of sp³-hybridized carbons (Fsp3) is 0.394. The summed E-state index contributed by atoms with van der Waals surface area (Å²) in [5, 5.41) is 14.7. The van der Waals surface area contributed by atoms with Crippen LogP contribution in [0.25, 0.3) is 33.2 Å². The van der Waals surface area contributed by atoms with Gasteiger partial charge < -0.3 is 15.3 Å². The van der Waals surface area contributed by atoms with Crippen LogP contribution in [-0.2, 0) is 11.3 Å². The first kappa shape index (κ1) is 27.1. The normalized spacial score (nSPS) is 16.4. The predicted octanol–water partition coefficient (Wildman–Crippen LogP) is 4.78. The molecule has 2 aliphatic rings. The molecular weight excluding hydrogens is 514 g/mol. The standard InChI is InChI=1S/C33H37N5O3/c39-22-29(40)35-28(19-23-7-2-1-3-8-23)21-37-17-6-18-38-32(41)30(27-12-11-24-9-4-5-10-26(24)20-27)31(36-33(37)38)25-13-15-34-16-14-25/h4-5,9-16,20,23,28,39H,1-3,6-8,17-19,21-22H2,(H,35,40). The van der Waals surface area contributed by atoms with E-state index < -0.39 is 6.61 Å². The summed E-state index contributed by atoms with van der Waals surface area (Å²) in [6.07, 6.45) is 11.2. The van der Waals surface area contributed by atoms with Crippen LogP contribution in [0.1, 0.15) is 44.9 Å². The van der Waals surface area contributed by atoms with Crippen LogP contribution < -0.4 is 15.8 Å². The van der Waals surface area contributed by atoms with Gasteiger partial charge in [-0.2, -0.15) is 0 Å². The molecule has 1 atom stereocenters. The maximum absolute atomic E-state index is 14.3. The molecular formula is C33H37N5O3. The maximum atomic E-state index is 14.3. The number of hydrogen-bond acceptors (Lipinski definition) is 6. The van der Waals surface area contributed by atoms with Gasteiger partial charge in [0.15, 0.2) is 0 Å². The van der Waals surface area contributed by atoms with Crippen molar-refractivity contribution < 1.29 is 9.90 Å². The van der Waals surface area contributed by atoms with Crippen LogP contribution in [0.5, 0.6) is 0 Å². The summed E-state index contributed by atoms with van der Waals surface area (Å²) in [5.41, 5.74) is 2.83. The van der Waals surface area contributed by atoms with Crippen LogP contribution >= 0.6 is 0 Å². The summed E-state index contributed by atoms with van der Waals surface area (Å²) >= 11 is 0. The number of anilines is 1. The summed E-state index contributed by atoms with van der Waals surface area (Å²) in [7, 11) is 0. The molecule has 0 spiro atoms. The van der Waals surface area contributed by atoms with Crippen LogP contribution in [0.2, 0.25) is 0 Å². The number of benzene rings is 2. The first-order chi connectivity index (χ1) is 20.1. The molecule has 2 aromatic carbocycles. The van der Waals surface area contributed by atoms with Gasteiger partial charge in [-0.1, -0.05) is 68.5 Å². The molecule has 8 nitrogen and oxygen atoms in total. The Kier molecular flexibility index (Phi) is 8.09. The number of nitrogens with one attached hydrogen (secondary N) is 1. The van der Waals surface area contributed by atoms with E-state index in [-0.39, 0.29) is 17.5 Å². The summed E-state index contributed by atoms with van der Waals surface area (Å²) in [5.74, 6) is 0.817. The number of rotatable bonds is 8. The highest BCUT2D eigenvalue weighted by atomic mass is 16.3. The Morgan fingerprint density at radius 2 is 1.73 bits per heavy atom. The van der Waals surface area contributed by atoms with Crippen LogP contribution in [0.3, 0.4) is 0 Å². The molecule has 1 aliphatic heterocycles. The minimum atomic E-state index is -0.531. The second-order valence-electron chi connectivity index (χ2n) is 11.4. The average molecular weight is 552 g/mol. The highest BCUT2D eigenvalue weighted by molar-refractivity contribution is 5.90.